The molecule has 5 rings (SSSR count). The normalized spacial score (nSPS) is 11.7. The first kappa shape index (κ1) is 24.5. The molecule has 0 aliphatic heterocycles. The Hall–Kier alpha value is -4.17. The van der Waals surface area contributed by atoms with Crippen molar-refractivity contribution in [3.63, 3.8) is 0 Å². The SMILES string of the molecule is CCOC(=O)c1cc2c(c(-c3ccc(F)cc3)c1NS(=O)(=O)c1ccc(C)cc1)c1ccccc1n2C. The molecule has 0 saturated heterocycles. The fourth-order valence-electron chi connectivity index (χ4n) is 4.61. The Labute approximate surface area is 214 Å². The van der Waals surface area contributed by atoms with Crippen molar-refractivity contribution in [2.24, 2.45) is 7.05 Å². The van der Waals surface area contributed by atoms with E-state index in [2.05, 4.69) is 4.72 Å². The van der Waals surface area contributed by atoms with Crippen molar-refractivity contribution in [1.82, 2.24) is 4.57 Å². The fraction of sp³-hybridized carbons (Fsp3) is 0.138. The van der Waals surface area contributed by atoms with E-state index < -0.39 is 21.8 Å². The predicted octanol–water partition coefficient (Wildman–Crippen LogP) is 6.42. The van der Waals surface area contributed by atoms with Crippen LogP contribution < -0.4 is 4.72 Å². The van der Waals surface area contributed by atoms with E-state index in [0.29, 0.717) is 16.6 Å². The van der Waals surface area contributed by atoms with Crippen molar-refractivity contribution in [3.05, 3.63) is 95.8 Å². The van der Waals surface area contributed by atoms with E-state index in [9.17, 15) is 17.6 Å². The van der Waals surface area contributed by atoms with Gasteiger partial charge < -0.3 is 9.30 Å². The number of esters is 1. The Morgan fingerprint density at radius 3 is 2.32 bits per heavy atom. The standard InChI is InChI=1S/C29H25FN2O4S/c1-4-36-29(33)23-17-25-27(22-7-5-6-8-24(22)32(25)3)26(19-11-13-20(30)14-12-19)28(23)31-37(34,35)21-15-9-18(2)10-16-21/h5-17,31H,4H2,1-3H3. The van der Waals surface area contributed by atoms with Crippen molar-refractivity contribution < 1.29 is 22.3 Å². The molecule has 188 valence electrons. The maximum atomic E-state index is 13.9. The van der Waals surface area contributed by atoms with Gasteiger partial charge in [0, 0.05) is 28.9 Å². The van der Waals surface area contributed by atoms with Crippen LogP contribution in [0.15, 0.2) is 83.8 Å². The molecule has 6 nitrogen and oxygen atoms in total. The Morgan fingerprint density at radius 2 is 1.65 bits per heavy atom. The molecule has 0 bridgehead atoms. The summed E-state index contributed by atoms with van der Waals surface area (Å²) in [4.78, 5) is 13.3. The van der Waals surface area contributed by atoms with Crippen LogP contribution in [0.25, 0.3) is 32.9 Å². The van der Waals surface area contributed by atoms with Crippen LogP contribution in [0.5, 0.6) is 0 Å². The van der Waals surface area contributed by atoms with E-state index >= 15 is 0 Å². The van der Waals surface area contributed by atoms with Crippen LogP contribution >= 0.6 is 0 Å². The van der Waals surface area contributed by atoms with Crippen LogP contribution in [0.4, 0.5) is 10.1 Å². The average molecular weight is 517 g/mol. The van der Waals surface area contributed by atoms with Gasteiger partial charge in [-0.05, 0) is 55.8 Å². The first-order valence-corrected chi connectivity index (χ1v) is 13.3. The van der Waals surface area contributed by atoms with E-state index in [1.54, 1.807) is 37.3 Å². The Morgan fingerprint density at radius 1 is 0.973 bits per heavy atom. The minimum absolute atomic E-state index is 0.0518. The van der Waals surface area contributed by atoms with E-state index in [1.807, 2.05) is 42.8 Å². The van der Waals surface area contributed by atoms with Gasteiger partial charge in [-0.2, -0.15) is 0 Å². The molecule has 1 N–H and O–H groups in total. The number of anilines is 1. The van der Waals surface area contributed by atoms with Gasteiger partial charge in [-0.15, -0.1) is 0 Å². The summed E-state index contributed by atoms with van der Waals surface area (Å²) in [6, 6.07) is 21.5. The second-order valence-corrected chi connectivity index (χ2v) is 10.5. The molecule has 0 spiro atoms. The molecule has 8 heteroatoms. The van der Waals surface area contributed by atoms with E-state index in [1.165, 1.54) is 24.3 Å². The molecule has 0 fully saturated rings. The van der Waals surface area contributed by atoms with Gasteiger partial charge >= 0.3 is 5.97 Å². The number of benzene rings is 4. The summed E-state index contributed by atoms with van der Waals surface area (Å²) >= 11 is 0. The monoisotopic (exact) mass is 516 g/mol. The molecule has 1 aromatic heterocycles. The minimum Gasteiger partial charge on any atom is -0.462 e. The number of carbonyl (C=O) groups excluding carboxylic acids is 1. The lowest BCUT2D eigenvalue weighted by Gasteiger charge is -2.19. The van der Waals surface area contributed by atoms with Crippen LogP contribution in [0, 0.1) is 12.7 Å². The largest absolute Gasteiger partial charge is 0.462 e. The van der Waals surface area contributed by atoms with E-state index in [-0.39, 0.29) is 22.8 Å². The predicted molar refractivity (Wildman–Crippen MR) is 144 cm³/mol. The van der Waals surface area contributed by atoms with Crippen LogP contribution in [0.2, 0.25) is 0 Å². The van der Waals surface area contributed by atoms with Gasteiger partial charge in [-0.1, -0.05) is 48.0 Å². The maximum Gasteiger partial charge on any atom is 0.340 e. The molecular weight excluding hydrogens is 491 g/mol. The molecule has 0 atom stereocenters. The van der Waals surface area contributed by atoms with E-state index in [4.69, 9.17) is 4.74 Å². The molecule has 5 aromatic rings. The van der Waals surface area contributed by atoms with Gasteiger partial charge in [-0.3, -0.25) is 4.72 Å². The van der Waals surface area contributed by atoms with Gasteiger partial charge in [0.15, 0.2) is 0 Å². The number of hydrogen-bond donors (Lipinski definition) is 1. The van der Waals surface area contributed by atoms with Crippen LogP contribution in [0.1, 0.15) is 22.8 Å². The third-order valence-corrected chi connectivity index (χ3v) is 7.76. The quantitative estimate of drug-likeness (QED) is 0.264. The van der Waals surface area contributed by atoms with Gasteiger partial charge in [0.25, 0.3) is 10.0 Å². The first-order chi connectivity index (χ1) is 17.7. The van der Waals surface area contributed by atoms with Gasteiger partial charge in [0.2, 0.25) is 0 Å². The molecule has 1 heterocycles. The Balaban J connectivity index is 1.90. The number of rotatable bonds is 6. The molecule has 4 aromatic carbocycles. The second-order valence-electron chi connectivity index (χ2n) is 8.79. The highest BCUT2D eigenvalue weighted by Gasteiger charge is 2.27. The number of nitrogens with zero attached hydrogens (tertiary/aromatic N) is 1. The number of para-hydroxylation sites is 1. The highest BCUT2D eigenvalue weighted by atomic mass is 32.2. The third-order valence-electron chi connectivity index (χ3n) is 6.40. The number of carbonyl (C=O) groups is 1. The molecule has 0 unspecified atom stereocenters. The maximum absolute atomic E-state index is 13.9. The van der Waals surface area contributed by atoms with Crippen molar-refractivity contribution in [2.75, 3.05) is 11.3 Å². The lowest BCUT2D eigenvalue weighted by Crippen LogP contribution is -2.18. The van der Waals surface area contributed by atoms with Crippen molar-refractivity contribution in [3.8, 4) is 11.1 Å². The summed E-state index contributed by atoms with van der Waals surface area (Å²) in [5, 5.41) is 1.60. The third kappa shape index (κ3) is 4.34. The number of halogens is 1. The zero-order chi connectivity index (χ0) is 26.3. The molecular formula is C29H25FN2O4S. The number of aryl methyl sites for hydroxylation is 2. The van der Waals surface area contributed by atoms with Gasteiger partial charge in [0.1, 0.15) is 5.82 Å². The zero-order valence-corrected chi connectivity index (χ0v) is 21.4. The summed E-state index contributed by atoms with van der Waals surface area (Å²) in [5.74, 6) is -1.10. The molecule has 0 saturated carbocycles. The second kappa shape index (κ2) is 9.37. The summed E-state index contributed by atoms with van der Waals surface area (Å²) in [6.07, 6.45) is 0. The lowest BCUT2D eigenvalue weighted by molar-refractivity contribution is 0.0528. The first-order valence-electron chi connectivity index (χ1n) is 11.8. The zero-order valence-electron chi connectivity index (χ0n) is 20.6. The molecule has 0 radical (unpaired) electrons. The number of sulfonamides is 1. The number of aromatic nitrogens is 1. The Kier molecular flexibility index (Phi) is 6.21. The van der Waals surface area contributed by atoms with Crippen LogP contribution in [0.3, 0.4) is 0 Å². The van der Waals surface area contributed by atoms with Crippen molar-refractivity contribution in [1.29, 1.82) is 0 Å². The highest BCUT2D eigenvalue weighted by molar-refractivity contribution is 7.92. The summed E-state index contributed by atoms with van der Waals surface area (Å²) < 4.78 is 51.0. The van der Waals surface area contributed by atoms with Gasteiger partial charge in [0.05, 0.1) is 28.3 Å². The van der Waals surface area contributed by atoms with Crippen molar-refractivity contribution >= 4 is 43.5 Å². The number of nitrogens with one attached hydrogen (secondary N) is 1. The summed E-state index contributed by atoms with van der Waals surface area (Å²) in [5.41, 5.74) is 3.68. The van der Waals surface area contributed by atoms with E-state index in [0.717, 1.165) is 21.9 Å². The number of hydrogen-bond acceptors (Lipinski definition) is 4. The number of ether oxygens (including phenoxy) is 1. The smallest absolute Gasteiger partial charge is 0.340 e. The highest BCUT2D eigenvalue weighted by Crippen LogP contribution is 2.44. The topological polar surface area (TPSA) is 77.4 Å². The summed E-state index contributed by atoms with van der Waals surface area (Å²) in [6.45, 7) is 3.66. The fourth-order valence-corrected chi connectivity index (χ4v) is 5.70. The van der Waals surface area contributed by atoms with Crippen molar-refractivity contribution in [2.45, 2.75) is 18.7 Å². The average Bonchev–Trinajstić information content (AvgIpc) is 3.16. The number of fused-ring (bicyclic) bond motifs is 3. The Bertz CT molecular complexity index is 1760. The minimum atomic E-state index is -4.09. The molecule has 0 aliphatic carbocycles. The molecule has 0 aliphatic rings. The molecule has 0 amide bonds. The lowest BCUT2D eigenvalue weighted by atomic mass is 9.94. The summed E-state index contributed by atoms with van der Waals surface area (Å²) in [7, 11) is -2.21. The molecule has 37 heavy (non-hydrogen) atoms. The van der Waals surface area contributed by atoms with Crippen LogP contribution in [-0.4, -0.2) is 25.6 Å². The van der Waals surface area contributed by atoms with Crippen LogP contribution in [-0.2, 0) is 21.8 Å². The van der Waals surface area contributed by atoms with Gasteiger partial charge in [-0.25, -0.2) is 17.6 Å².